The summed E-state index contributed by atoms with van der Waals surface area (Å²) in [6, 6.07) is 1.55. The van der Waals surface area contributed by atoms with Gasteiger partial charge in [-0.2, -0.15) is 8.78 Å². The predicted octanol–water partition coefficient (Wildman–Crippen LogP) is 1.02. The summed E-state index contributed by atoms with van der Waals surface area (Å²) in [6.07, 6.45) is 0. The number of methoxy groups -OCH3 is 1. The number of nitro benzene ring substituents is 1. The number of halogens is 2. The average molecular weight is 347 g/mol. The van der Waals surface area contributed by atoms with Gasteiger partial charge in [0.2, 0.25) is 5.91 Å². The number of carbonyl (C=O) groups excluding carboxylic acids is 2. The Morgan fingerprint density at radius 2 is 1.96 bits per heavy atom. The molecule has 0 aliphatic rings. The molecule has 0 aromatic heterocycles. The summed E-state index contributed by atoms with van der Waals surface area (Å²) in [5.41, 5.74) is -1.22. The molecule has 0 aliphatic heterocycles. The number of carbonyl (C=O) groups is 2. The van der Waals surface area contributed by atoms with Crippen molar-refractivity contribution in [3.63, 3.8) is 0 Å². The molecule has 0 saturated carbocycles. The zero-order valence-electron chi connectivity index (χ0n) is 13.0. The van der Waals surface area contributed by atoms with E-state index in [-0.39, 0.29) is 12.3 Å². The first-order chi connectivity index (χ1) is 11.2. The molecule has 0 aliphatic carbocycles. The highest BCUT2D eigenvalue weighted by Crippen LogP contribution is 2.35. The van der Waals surface area contributed by atoms with Crippen LogP contribution < -0.4 is 14.8 Å². The Morgan fingerprint density at radius 3 is 2.42 bits per heavy atom. The Kier molecular flexibility index (Phi) is 6.38. The molecule has 11 heteroatoms. The van der Waals surface area contributed by atoms with Crippen molar-refractivity contribution in [2.24, 2.45) is 0 Å². The molecule has 0 radical (unpaired) electrons. The molecule has 1 N–H and O–H groups in total. The molecule has 0 unspecified atom stereocenters. The molecule has 0 atom stereocenters. The normalized spacial score (nSPS) is 10.2. The quantitative estimate of drug-likeness (QED) is 0.582. The van der Waals surface area contributed by atoms with E-state index in [4.69, 9.17) is 4.74 Å². The molecule has 9 nitrogen and oxygen atoms in total. The van der Waals surface area contributed by atoms with E-state index >= 15 is 0 Å². The van der Waals surface area contributed by atoms with E-state index in [1.54, 1.807) is 0 Å². The summed E-state index contributed by atoms with van der Waals surface area (Å²) in [7, 11) is 4.06. The van der Waals surface area contributed by atoms with Crippen LogP contribution in [0.3, 0.4) is 0 Å². The van der Waals surface area contributed by atoms with Crippen LogP contribution in [0.5, 0.6) is 11.5 Å². The van der Waals surface area contributed by atoms with Crippen LogP contribution in [0.15, 0.2) is 12.1 Å². The van der Waals surface area contributed by atoms with Gasteiger partial charge in [0.1, 0.15) is 5.56 Å². The van der Waals surface area contributed by atoms with Crippen LogP contribution in [-0.2, 0) is 4.79 Å². The Labute approximate surface area is 135 Å². The van der Waals surface area contributed by atoms with Gasteiger partial charge < -0.3 is 19.7 Å². The number of nitrogens with one attached hydrogen (secondary N) is 1. The van der Waals surface area contributed by atoms with E-state index in [9.17, 15) is 28.5 Å². The van der Waals surface area contributed by atoms with Crippen LogP contribution in [0.25, 0.3) is 0 Å². The molecule has 0 saturated heterocycles. The molecule has 0 heterocycles. The second-order valence-electron chi connectivity index (χ2n) is 4.63. The molecule has 1 rings (SSSR count). The van der Waals surface area contributed by atoms with Gasteiger partial charge in [0, 0.05) is 20.2 Å². The molecular formula is C13H15F2N3O6. The van der Waals surface area contributed by atoms with Crippen LogP contribution in [0.4, 0.5) is 14.5 Å². The molecule has 0 bridgehead atoms. The SMILES string of the molecule is COc1cc(C(=O)NCC(=O)N(C)C)c([N+](=O)[O-])cc1OC(F)F. The topological polar surface area (TPSA) is 111 Å². The Balaban J connectivity index is 3.18. The lowest BCUT2D eigenvalue weighted by Crippen LogP contribution is -2.36. The van der Waals surface area contributed by atoms with E-state index < -0.39 is 40.3 Å². The average Bonchev–Trinajstić information content (AvgIpc) is 2.50. The van der Waals surface area contributed by atoms with E-state index in [0.29, 0.717) is 6.07 Å². The lowest BCUT2D eigenvalue weighted by atomic mass is 10.1. The van der Waals surface area contributed by atoms with Gasteiger partial charge >= 0.3 is 6.61 Å². The van der Waals surface area contributed by atoms with Crippen LogP contribution in [0, 0.1) is 10.1 Å². The molecule has 0 spiro atoms. The van der Waals surface area contributed by atoms with Crippen molar-refractivity contribution in [3.05, 3.63) is 27.8 Å². The molecule has 24 heavy (non-hydrogen) atoms. The third kappa shape index (κ3) is 4.76. The zero-order chi connectivity index (χ0) is 18.4. The number of ether oxygens (including phenoxy) is 2. The minimum atomic E-state index is -3.23. The molecule has 132 valence electrons. The number of nitrogens with zero attached hydrogens (tertiary/aromatic N) is 2. The highest BCUT2D eigenvalue weighted by atomic mass is 19.3. The standard InChI is InChI=1S/C13H15F2N3O6/c1-17(2)11(19)6-16-12(20)7-4-9(23-3)10(24-13(14)15)5-8(7)18(21)22/h4-5,13H,6H2,1-3H3,(H,16,20). The molecular weight excluding hydrogens is 332 g/mol. The number of benzene rings is 1. The minimum absolute atomic E-state index is 0.287. The maximum atomic E-state index is 12.3. The van der Waals surface area contributed by atoms with E-state index in [1.165, 1.54) is 19.0 Å². The fraction of sp³-hybridized carbons (Fsp3) is 0.385. The van der Waals surface area contributed by atoms with E-state index in [0.717, 1.165) is 13.2 Å². The van der Waals surface area contributed by atoms with Crippen molar-refractivity contribution in [3.8, 4) is 11.5 Å². The van der Waals surface area contributed by atoms with Gasteiger partial charge in [0.05, 0.1) is 24.6 Å². The van der Waals surface area contributed by atoms with Crippen molar-refractivity contribution in [1.29, 1.82) is 0 Å². The Hall–Kier alpha value is -2.98. The summed E-state index contributed by atoms with van der Waals surface area (Å²) in [4.78, 5) is 34.9. The number of amides is 2. The summed E-state index contributed by atoms with van der Waals surface area (Å²) in [5.74, 6) is -2.24. The maximum Gasteiger partial charge on any atom is 0.387 e. The fourth-order valence-electron chi connectivity index (χ4n) is 1.64. The van der Waals surface area contributed by atoms with E-state index in [2.05, 4.69) is 10.1 Å². The van der Waals surface area contributed by atoms with Crippen molar-refractivity contribution in [2.45, 2.75) is 6.61 Å². The highest BCUT2D eigenvalue weighted by Gasteiger charge is 2.26. The first-order valence-corrected chi connectivity index (χ1v) is 6.47. The third-order valence-corrected chi connectivity index (χ3v) is 2.84. The summed E-state index contributed by atoms with van der Waals surface area (Å²) in [6.45, 7) is -3.61. The lowest BCUT2D eigenvalue weighted by Gasteiger charge is -2.13. The molecule has 1 aromatic carbocycles. The molecule has 0 fully saturated rings. The van der Waals surface area contributed by atoms with Gasteiger partial charge in [-0.3, -0.25) is 19.7 Å². The number of hydrogen-bond donors (Lipinski definition) is 1. The highest BCUT2D eigenvalue weighted by molar-refractivity contribution is 6.00. The molecule has 1 aromatic rings. The maximum absolute atomic E-state index is 12.3. The van der Waals surface area contributed by atoms with Crippen LogP contribution in [0.1, 0.15) is 10.4 Å². The molecule has 2 amide bonds. The monoisotopic (exact) mass is 347 g/mol. The van der Waals surface area contributed by atoms with Crippen LogP contribution in [0.2, 0.25) is 0 Å². The second-order valence-corrected chi connectivity index (χ2v) is 4.63. The third-order valence-electron chi connectivity index (χ3n) is 2.84. The largest absolute Gasteiger partial charge is 0.493 e. The predicted molar refractivity (Wildman–Crippen MR) is 77.3 cm³/mol. The van der Waals surface area contributed by atoms with Gasteiger partial charge in [-0.25, -0.2) is 0 Å². The summed E-state index contributed by atoms with van der Waals surface area (Å²) in [5, 5.41) is 13.3. The van der Waals surface area contributed by atoms with Gasteiger partial charge in [0.15, 0.2) is 11.5 Å². The first-order valence-electron chi connectivity index (χ1n) is 6.47. The van der Waals surface area contributed by atoms with Crippen molar-refractivity contribution >= 4 is 17.5 Å². The second kappa shape index (κ2) is 8.04. The fourth-order valence-corrected chi connectivity index (χ4v) is 1.64. The first kappa shape index (κ1) is 19.1. The summed E-state index contributed by atoms with van der Waals surface area (Å²) < 4.78 is 33.6. The van der Waals surface area contributed by atoms with Gasteiger partial charge in [0.25, 0.3) is 11.6 Å². The summed E-state index contributed by atoms with van der Waals surface area (Å²) >= 11 is 0. The van der Waals surface area contributed by atoms with E-state index in [1.807, 2.05) is 0 Å². The number of alkyl halides is 2. The number of likely N-dealkylation sites (N-methyl/N-ethyl adjacent to an activating group) is 1. The van der Waals surface area contributed by atoms with Crippen molar-refractivity contribution in [2.75, 3.05) is 27.7 Å². The Bertz CT molecular complexity index is 651. The zero-order valence-corrected chi connectivity index (χ0v) is 13.0. The van der Waals surface area contributed by atoms with Gasteiger partial charge in [-0.05, 0) is 0 Å². The number of hydrogen-bond acceptors (Lipinski definition) is 6. The smallest absolute Gasteiger partial charge is 0.387 e. The van der Waals surface area contributed by atoms with Crippen molar-refractivity contribution < 1.29 is 32.8 Å². The van der Waals surface area contributed by atoms with Crippen LogP contribution >= 0.6 is 0 Å². The van der Waals surface area contributed by atoms with Gasteiger partial charge in [-0.15, -0.1) is 0 Å². The lowest BCUT2D eigenvalue weighted by molar-refractivity contribution is -0.385. The van der Waals surface area contributed by atoms with Crippen LogP contribution in [-0.4, -0.2) is 56.0 Å². The Morgan fingerprint density at radius 1 is 1.33 bits per heavy atom. The number of rotatable bonds is 7. The van der Waals surface area contributed by atoms with Crippen molar-refractivity contribution in [1.82, 2.24) is 10.2 Å². The van der Waals surface area contributed by atoms with Gasteiger partial charge in [-0.1, -0.05) is 0 Å². The minimum Gasteiger partial charge on any atom is -0.493 e. The number of nitro groups is 1.